The Balaban J connectivity index is 1.13. The predicted octanol–water partition coefficient (Wildman–Crippen LogP) is 4.10. The largest absolute Gasteiger partial charge is 0.464 e. The third-order valence-corrected chi connectivity index (χ3v) is 5.98. The molecule has 4 heterocycles. The van der Waals surface area contributed by atoms with Crippen molar-refractivity contribution in [1.82, 2.24) is 14.2 Å². The first kappa shape index (κ1) is 17.3. The molecule has 0 unspecified atom stereocenters. The lowest BCUT2D eigenvalue weighted by Gasteiger charge is -2.21. The van der Waals surface area contributed by atoms with Crippen molar-refractivity contribution in [1.29, 1.82) is 0 Å². The normalized spacial score (nSPS) is 16.8. The lowest BCUT2D eigenvalue weighted by atomic mass is 10.2. The summed E-state index contributed by atoms with van der Waals surface area (Å²) in [6.45, 7) is 3.30. The summed E-state index contributed by atoms with van der Waals surface area (Å²) in [6, 6.07) is 12.0. The second-order valence-electron chi connectivity index (χ2n) is 6.99. The van der Waals surface area contributed by atoms with E-state index < -0.39 is 0 Å². The minimum Gasteiger partial charge on any atom is -0.464 e. The third-order valence-electron chi connectivity index (χ3n) is 5.00. The summed E-state index contributed by atoms with van der Waals surface area (Å²) >= 11 is 1.75. The molecule has 0 N–H and O–H groups in total. The van der Waals surface area contributed by atoms with Gasteiger partial charge >= 0.3 is 6.09 Å². The summed E-state index contributed by atoms with van der Waals surface area (Å²) in [5.74, 6) is 0. The van der Waals surface area contributed by atoms with Crippen LogP contribution in [0.1, 0.15) is 5.56 Å². The van der Waals surface area contributed by atoms with Crippen LogP contribution in [0.25, 0.3) is 11.0 Å². The Labute approximate surface area is 166 Å². The third kappa shape index (κ3) is 3.50. The molecule has 28 heavy (non-hydrogen) atoms. The van der Waals surface area contributed by atoms with Gasteiger partial charge in [0.15, 0.2) is 0 Å². The number of furan rings is 1. The predicted molar refractivity (Wildman–Crippen MR) is 107 cm³/mol. The number of hydrogen-bond acceptors (Lipinski definition) is 6. The van der Waals surface area contributed by atoms with Gasteiger partial charge in [-0.1, -0.05) is 6.07 Å². The van der Waals surface area contributed by atoms with Crippen LogP contribution in [0.15, 0.2) is 75.5 Å². The van der Waals surface area contributed by atoms with Gasteiger partial charge in [-0.2, -0.15) is 0 Å². The van der Waals surface area contributed by atoms with E-state index >= 15 is 0 Å². The van der Waals surface area contributed by atoms with Crippen molar-refractivity contribution in [2.45, 2.75) is 11.5 Å². The average Bonchev–Trinajstić information content (AvgIpc) is 3.41. The number of aromatic nitrogens is 1. The van der Waals surface area contributed by atoms with Gasteiger partial charge in [0.1, 0.15) is 12.2 Å². The van der Waals surface area contributed by atoms with Gasteiger partial charge in [-0.05, 0) is 53.4 Å². The molecule has 142 valence electrons. The maximum atomic E-state index is 12.4. The van der Waals surface area contributed by atoms with Crippen LogP contribution in [-0.4, -0.2) is 46.5 Å². The zero-order valence-corrected chi connectivity index (χ0v) is 16.0. The van der Waals surface area contributed by atoms with Crippen molar-refractivity contribution in [2.75, 3.05) is 26.2 Å². The van der Waals surface area contributed by atoms with Crippen LogP contribution in [-0.2, 0) is 11.3 Å². The van der Waals surface area contributed by atoms with E-state index in [1.807, 2.05) is 24.3 Å². The SMILES string of the molecule is O=C(OCc1cccnc1)N1CC2=C(CN(Sc3ccc4occc4c3)C2)C1. The van der Waals surface area contributed by atoms with Crippen LogP contribution < -0.4 is 0 Å². The quantitative estimate of drug-likeness (QED) is 0.491. The molecule has 2 aliphatic heterocycles. The smallest absolute Gasteiger partial charge is 0.410 e. The van der Waals surface area contributed by atoms with Gasteiger partial charge in [-0.3, -0.25) is 4.98 Å². The maximum absolute atomic E-state index is 12.4. The Morgan fingerprint density at radius 2 is 2.00 bits per heavy atom. The standard InChI is InChI=1S/C21H19N3O3S/c25-21(27-14-15-2-1-6-22-9-15)23-10-17-12-24(13-18(17)11-23)28-19-3-4-20-16(8-19)5-7-26-20/h1-9H,10-14H2. The van der Waals surface area contributed by atoms with Crippen LogP contribution in [0.3, 0.4) is 0 Å². The van der Waals surface area contributed by atoms with Crippen LogP contribution in [0, 0.1) is 0 Å². The Bertz CT molecular complexity index is 1030. The highest BCUT2D eigenvalue weighted by Crippen LogP contribution is 2.34. The fraction of sp³-hybridized carbons (Fsp3) is 0.238. The zero-order valence-electron chi connectivity index (χ0n) is 15.2. The monoisotopic (exact) mass is 393 g/mol. The molecule has 0 spiro atoms. The Morgan fingerprint density at radius 3 is 2.79 bits per heavy atom. The van der Waals surface area contributed by atoms with Crippen molar-refractivity contribution in [3.8, 4) is 0 Å². The molecule has 0 saturated carbocycles. The minimum atomic E-state index is -0.261. The van der Waals surface area contributed by atoms with Crippen molar-refractivity contribution >= 4 is 29.0 Å². The summed E-state index contributed by atoms with van der Waals surface area (Å²) in [7, 11) is 0. The number of pyridine rings is 1. The highest BCUT2D eigenvalue weighted by molar-refractivity contribution is 7.97. The molecule has 6 nitrogen and oxygen atoms in total. The van der Waals surface area contributed by atoms with E-state index in [1.54, 1.807) is 35.5 Å². The van der Waals surface area contributed by atoms with Crippen molar-refractivity contribution in [3.63, 3.8) is 0 Å². The summed E-state index contributed by atoms with van der Waals surface area (Å²) in [6.07, 6.45) is 4.87. The molecule has 0 aliphatic carbocycles. The molecule has 3 aromatic rings. The van der Waals surface area contributed by atoms with Crippen molar-refractivity contribution in [2.24, 2.45) is 0 Å². The molecule has 2 aliphatic rings. The van der Waals surface area contributed by atoms with Crippen molar-refractivity contribution in [3.05, 3.63) is 71.8 Å². The Morgan fingerprint density at radius 1 is 1.14 bits per heavy atom. The second-order valence-corrected chi connectivity index (χ2v) is 8.16. The highest BCUT2D eigenvalue weighted by Gasteiger charge is 2.33. The van der Waals surface area contributed by atoms with Crippen molar-refractivity contribution < 1.29 is 13.9 Å². The first-order valence-electron chi connectivity index (χ1n) is 9.15. The average molecular weight is 393 g/mol. The molecule has 1 aromatic carbocycles. The summed E-state index contributed by atoms with van der Waals surface area (Å²) in [4.78, 5) is 19.4. The maximum Gasteiger partial charge on any atom is 0.410 e. The van der Waals surface area contributed by atoms with Gasteiger partial charge in [0, 0.05) is 54.4 Å². The van der Waals surface area contributed by atoms with Gasteiger partial charge in [-0.15, -0.1) is 0 Å². The molecule has 5 rings (SSSR count). The molecule has 0 radical (unpaired) electrons. The van der Waals surface area contributed by atoms with E-state index in [-0.39, 0.29) is 12.7 Å². The summed E-state index contributed by atoms with van der Waals surface area (Å²) < 4.78 is 13.2. The number of fused-ring (bicyclic) bond motifs is 1. The van der Waals surface area contributed by atoms with E-state index in [2.05, 4.69) is 21.4 Å². The van der Waals surface area contributed by atoms with Gasteiger partial charge in [-0.25, -0.2) is 9.10 Å². The molecular weight excluding hydrogens is 374 g/mol. The number of rotatable bonds is 4. The van der Waals surface area contributed by atoms with Gasteiger partial charge in [0.05, 0.1) is 6.26 Å². The topological polar surface area (TPSA) is 58.8 Å². The molecule has 0 fully saturated rings. The molecular formula is C21H19N3O3S. The molecule has 0 bridgehead atoms. The van der Waals surface area contributed by atoms with Crippen LogP contribution in [0.4, 0.5) is 4.79 Å². The molecule has 2 aromatic heterocycles. The second kappa shape index (κ2) is 7.33. The van der Waals surface area contributed by atoms with Gasteiger partial charge in [0.25, 0.3) is 0 Å². The van der Waals surface area contributed by atoms with E-state index in [0.717, 1.165) is 29.6 Å². The fourth-order valence-corrected chi connectivity index (χ4v) is 4.66. The first-order chi connectivity index (χ1) is 13.7. The molecule has 1 amide bonds. The van der Waals surface area contributed by atoms with Crippen LogP contribution in [0.5, 0.6) is 0 Å². The van der Waals surface area contributed by atoms with Crippen LogP contribution >= 0.6 is 11.9 Å². The number of hydrogen-bond donors (Lipinski definition) is 0. The zero-order chi connectivity index (χ0) is 18.9. The van der Waals surface area contributed by atoms with Gasteiger partial charge < -0.3 is 14.1 Å². The number of nitrogens with zero attached hydrogens (tertiary/aromatic N) is 3. The lowest BCUT2D eigenvalue weighted by Crippen LogP contribution is -2.33. The highest BCUT2D eigenvalue weighted by atomic mass is 32.2. The lowest BCUT2D eigenvalue weighted by molar-refractivity contribution is 0.104. The summed E-state index contributed by atoms with van der Waals surface area (Å²) in [5, 5.41) is 1.12. The summed E-state index contributed by atoms with van der Waals surface area (Å²) in [5.41, 5.74) is 4.46. The van der Waals surface area contributed by atoms with E-state index in [9.17, 15) is 4.79 Å². The number of benzene rings is 1. The number of carbonyl (C=O) groups excluding carboxylic acids is 1. The number of carbonyl (C=O) groups is 1. The van der Waals surface area contributed by atoms with E-state index in [1.165, 1.54) is 16.0 Å². The molecule has 0 atom stereocenters. The fourth-order valence-electron chi connectivity index (χ4n) is 3.61. The molecule has 0 saturated heterocycles. The molecule has 7 heteroatoms. The van der Waals surface area contributed by atoms with Gasteiger partial charge in [0.2, 0.25) is 0 Å². The van der Waals surface area contributed by atoms with Crippen LogP contribution in [0.2, 0.25) is 0 Å². The minimum absolute atomic E-state index is 0.256. The number of ether oxygens (including phenoxy) is 1. The Kier molecular flexibility index (Phi) is 4.54. The first-order valence-corrected chi connectivity index (χ1v) is 9.92. The Hall–Kier alpha value is -2.77. The van der Waals surface area contributed by atoms with E-state index in [0.29, 0.717) is 13.1 Å². The van der Waals surface area contributed by atoms with E-state index in [4.69, 9.17) is 9.15 Å². The number of amides is 1.